The molecule has 152 valence electrons. The number of halogens is 3. The van der Waals surface area contributed by atoms with Gasteiger partial charge in [-0.1, -0.05) is 18.2 Å². The van der Waals surface area contributed by atoms with Gasteiger partial charge >= 0.3 is 6.18 Å². The van der Waals surface area contributed by atoms with E-state index in [0.29, 0.717) is 13.1 Å². The van der Waals surface area contributed by atoms with Crippen LogP contribution in [0, 0.1) is 5.92 Å². The molecule has 5 rings (SSSR count). The highest BCUT2D eigenvalue weighted by Crippen LogP contribution is 2.56. The predicted molar refractivity (Wildman–Crippen MR) is 101 cm³/mol. The molecule has 0 bridgehead atoms. The van der Waals surface area contributed by atoms with Crippen molar-refractivity contribution in [2.75, 3.05) is 13.1 Å². The third-order valence-electron chi connectivity index (χ3n) is 6.85. The second-order valence-electron chi connectivity index (χ2n) is 8.34. The Balaban J connectivity index is 1.40. The van der Waals surface area contributed by atoms with Gasteiger partial charge in [0.1, 0.15) is 5.54 Å². The fourth-order valence-electron chi connectivity index (χ4n) is 5.64. The molecular weight excluding hydrogens is 379 g/mol. The van der Waals surface area contributed by atoms with Gasteiger partial charge in [0.2, 0.25) is 5.91 Å². The number of carbonyl (C=O) groups excluding carboxylic acids is 1. The van der Waals surface area contributed by atoms with Gasteiger partial charge in [0, 0.05) is 37.4 Å². The molecule has 1 aromatic carbocycles. The Morgan fingerprint density at radius 3 is 2.66 bits per heavy atom. The smallest absolute Gasteiger partial charge is 0.336 e. The van der Waals surface area contributed by atoms with Crippen molar-refractivity contribution in [2.24, 2.45) is 5.92 Å². The maximum Gasteiger partial charge on any atom is 0.416 e. The lowest BCUT2D eigenvalue weighted by molar-refractivity contribution is -0.138. The van der Waals surface area contributed by atoms with E-state index >= 15 is 0 Å². The zero-order chi connectivity index (χ0) is 20.2. The molecular formula is C22H22F3N3O. The minimum Gasteiger partial charge on any atom is -0.336 e. The quantitative estimate of drug-likeness (QED) is 0.779. The molecule has 0 saturated carbocycles. The van der Waals surface area contributed by atoms with Gasteiger partial charge in [0.15, 0.2) is 0 Å². The van der Waals surface area contributed by atoms with Crippen LogP contribution >= 0.6 is 0 Å². The Morgan fingerprint density at radius 2 is 1.97 bits per heavy atom. The summed E-state index contributed by atoms with van der Waals surface area (Å²) in [6.45, 7) is 2.07. The van der Waals surface area contributed by atoms with Crippen LogP contribution in [0.2, 0.25) is 0 Å². The lowest BCUT2D eigenvalue weighted by atomic mass is 9.85. The number of pyridine rings is 1. The number of nitrogens with zero attached hydrogens (tertiary/aromatic N) is 3. The summed E-state index contributed by atoms with van der Waals surface area (Å²) >= 11 is 0. The first kappa shape index (κ1) is 18.6. The molecule has 3 atom stereocenters. The summed E-state index contributed by atoms with van der Waals surface area (Å²) < 4.78 is 38.7. The summed E-state index contributed by atoms with van der Waals surface area (Å²) in [6.07, 6.45) is 1.76. The first-order valence-corrected chi connectivity index (χ1v) is 10.0. The molecule has 3 aliphatic rings. The van der Waals surface area contributed by atoms with E-state index in [-0.39, 0.29) is 17.9 Å². The Kier molecular flexibility index (Phi) is 4.21. The van der Waals surface area contributed by atoms with Crippen molar-refractivity contribution in [1.29, 1.82) is 0 Å². The van der Waals surface area contributed by atoms with Gasteiger partial charge in [-0.2, -0.15) is 13.2 Å². The number of benzene rings is 1. The Hall–Kier alpha value is -2.41. The molecule has 0 aliphatic carbocycles. The lowest BCUT2D eigenvalue weighted by Gasteiger charge is -2.33. The van der Waals surface area contributed by atoms with Crippen LogP contribution in [0.25, 0.3) is 0 Å². The molecule has 1 spiro atoms. The molecule has 0 unspecified atom stereocenters. The van der Waals surface area contributed by atoms with Crippen molar-refractivity contribution >= 4 is 5.91 Å². The van der Waals surface area contributed by atoms with E-state index in [1.165, 1.54) is 0 Å². The van der Waals surface area contributed by atoms with Crippen LogP contribution in [-0.4, -0.2) is 39.3 Å². The molecule has 1 amide bonds. The molecule has 7 heteroatoms. The van der Waals surface area contributed by atoms with Crippen molar-refractivity contribution < 1.29 is 18.0 Å². The average molecular weight is 401 g/mol. The van der Waals surface area contributed by atoms with E-state index in [4.69, 9.17) is 0 Å². The highest BCUT2D eigenvalue weighted by atomic mass is 19.4. The van der Waals surface area contributed by atoms with Gasteiger partial charge < -0.3 is 4.90 Å². The number of amides is 1. The number of hydrogen-bond acceptors (Lipinski definition) is 3. The van der Waals surface area contributed by atoms with Gasteiger partial charge in [-0.3, -0.25) is 14.7 Å². The summed E-state index contributed by atoms with van der Waals surface area (Å²) in [5, 5.41) is 0. The Bertz CT molecular complexity index is 915. The summed E-state index contributed by atoms with van der Waals surface area (Å²) in [7, 11) is 0. The normalized spacial score (nSPS) is 29.3. The van der Waals surface area contributed by atoms with E-state index < -0.39 is 17.3 Å². The third kappa shape index (κ3) is 2.86. The fraction of sp³-hybridized carbons (Fsp3) is 0.455. The second kappa shape index (κ2) is 6.55. The number of hydrogen-bond donors (Lipinski definition) is 0. The number of carbonyl (C=O) groups is 1. The van der Waals surface area contributed by atoms with Crippen LogP contribution in [0.5, 0.6) is 0 Å². The highest BCUT2D eigenvalue weighted by Gasteiger charge is 2.65. The standard InChI is InChI=1S/C22H22F3N3O/c23-22(24,25)17-6-4-16(5-7-17)19-11-18-14-27(13-15-3-1-9-26-12-15)20(29)21(18)8-2-10-28(19)21/h1,3-7,9,12,18-19H,2,8,10-11,13-14H2/t18-,19-,21-/m0/s1. The average Bonchev–Trinajstić information content (AvgIpc) is 3.33. The number of aromatic nitrogens is 1. The van der Waals surface area contributed by atoms with E-state index in [2.05, 4.69) is 9.88 Å². The number of likely N-dealkylation sites (tertiary alicyclic amines) is 1. The molecule has 0 radical (unpaired) electrons. The van der Waals surface area contributed by atoms with Crippen molar-refractivity contribution in [3.63, 3.8) is 0 Å². The van der Waals surface area contributed by atoms with Gasteiger partial charge in [-0.05, 0) is 55.1 Å². The summed E-state index contributed by atoms with van der Waals surface area (Å²) in [6, 6.07) is 9.33. The van der Waals surface area contributed by atoms with E-state index in [1.54, 1.807) is 24.5 Å². The number of alkyl halides is 3. The SMILES string of the molecule is O=C1N(Cc2cccnc2)C[C@@H]2C[C@@H](c3ccc(C(F)(F)F)cc3)N3CCC[C@@]123. The van der Waals surface area contributed by atoms with E-state index in [1.807, 2.05) is 17.0 Å². The summed E-state index contributed by atoms with van der Waals surface area (Å²) in [5.41, 5.74) is 0.769. The van der Waals surface area contributed by atoms with Crippen molar-refractivity contribution in [3.05, 3.63) is 65.5 Å². The van der Waals surface area contributed by atoms with Gasteiger partial charge in [0.25, 0.3) is 0 Å². The second-order valence-corrected chi connectivity index (χ2v) is 8.34. The third-order valence-corrected chi connectivity index (χ3v) is 6.85. The van der Waals surface area contributed by atoms with Gasteiger partial charge in [0.05, 0.1) is 5.56 Å². The van der Waals surface area contributed by atoms with Crippen molar-refractivity contribution in [2.45, 2.75) is 43.6 Å². The van der Waals surface area contributed by atoms with Crippen LogP contribution in [0.3, 0.4) is 0 Å². The summed E-state index contributed by atoms with van der Waals surface area (Å²) in [4.78, 5) is 21.8. The minimum absolute atomic E-state index is 0.00859. The Morgan fingerprint density at radius 1 is 1.17 bits per heavy atom. The first-order chi connectivity index (χ1) is 13.9. The van der Waals surface area contributed by atoms with Crippen LogP contribution in [0.15, 0.2) is 48.8 Å². The van der Waals surface area contributed by atoms with Crippen LogP contribution in [-0.2, 0) is 17.5 Å². The first-order valence-electron chi connectivity index (χ1n) is 10.0. The van der Waals surface area contributed by atoms with Gasteiger partial charge in [-0.25, -0.2) is 0 Å². The van der Waals surface area contributed by atoms with Crippen molar-refractivity contribution in [3.8, 4) is 0 Å². The molecule has 3 saturated heterocycles. The minimum atomic E-state index is -4.33. The van der Waals surface area contributed by atoms with Gasteiger partial charge in [-0.15, -0.1) is 0 Å². The number of rotatable bonds is 3. The van der Waals surface area contributed by atoms with E-state index in [9.17, 15) is 18.0 Å². The molecule has 3 aliphatic heterocycles. The highest BCUT2D eigenvalue weighted by molar-refractivity contribution is 5.90. The van der Waals surface area contributed by atoms with Crippen molar-refractivity contribution in [1.82, 2.24) is 14.8 Å². The maximum absolute atomic E-state index is 13.5. The molecule has 4 nitrogen and oxygen atoms in total. The monoisotopic (exact) mass is 401 g/mol. The van der Waals surface area contributed by atoms with Crippen LogP contribution < -0.4 is 0 Å². The molecule has 4 heterocycles. The van der Waals surface area contributed by atoms with Crippen LogP contribution in [0.1, 0.15) is 42.0 Å². The Labute approximate surface area is 167 Å². The summed E-state index contributed by atoms with van der Waals surface area (Å²) in [5.74, 6) is 0.375. The fourth-order valence-corrected chi connectivity index (χ4v) is 5.64. The molecule has 0 N–H and O–H groups in total. The van der Waals surface area contributed by atoms with Crippen LogP contribution in [0.4, 0.5) is 13.2 Å². The maximum atomic E-state index is 13.5. The molecule has 1 aromatic heterocycles. The molecule has 3 fully saturated rings. The molecule has 29 heavy (non-hydrogen) atoms. The lowest BCUT2D eigenvalue weighted by Crippen LogP contribution is -2.49. The van der Waals surface area contributed by atoms with E-state index in [0.717, 1.165) is 49.1 Å². The topological polar surface area (TPSA) is 36.4 Å². The molecule has 2 aromatic rings. The predicted octanol–water partition coefficient (Wildman–Crippen LogP) is 4.04. The zero-order valence-corrected chi connectivity index (χ0v) is 15.9. The zero-order valence-electron chi connectivity index (χ0n) is 15.9. The largest absolute Gasteiger partial charge is 0.416 e.